The SMILES string of the molecule is CC/C=C\C/C=C\C/C=C\C/C=C\C/C=C\C/C=C\C/C=C\CCCCCCCCCCCCCC(=O)OCC(COC(=O)CCCCCCC/C=C\C/C=C\CCC)OC(=O)CCCCCCC/C=C\CCCCCCC. The van der Waals surface area contributed by atoms with Crippen molar-refractivity contribution < 1.29 is 28.6 Å². The van der Waals surface area contributed by atoms with E-state index in [2.05, 4.69) is 142 Å². The second kappa shape index (κ2) is 65.3. The van der Waals surface area contributed by atoms with Crippen LogP contribution in [0.2, 0.25) is 0 Å². The van der Waals surface area contributed by atoms with E-state index in [9.17, 15) is 14.4 Å². The van der Waals surface area contributed by atoms with Gasteiger partial charge in [-0.1, -0.05) is 271 Å². The molecule has 0 heterocycles. The molecule has 0 N–H and O–H groups in total. The molecule has 0 fully saturated rings. The first-order chi connectivity index (χ1) is 38.5. The molecule has 0 rings (SSSR count). The number of carbonyl (C=O) groups is 3. The van der Waals surface area contributed by atoms with Crippen molar-refractivity contribution in [3.05, 3.63) is 122 Å². The number of esters is 3. The molecule has 0 aliphatic carbocycles. The third-order valence-electron chi connectivity index (χ3n) is 13.7. The van der Waals surface area contributed by atoms with Gasteiger partial charge >= 0.3 is 17.9 Å². The van der Waals surface area contributed by atoms with Gasteiger partial charge in [0.15, 0.2) is 6.10 Å². The van der Waals surface area contributed by atoms with Crippen molar-refractivity contribution in [2.24, 2.45) is 0 Å². The fourth-order valence-electron chi connectivity index (χ4n) is 8.81. The van der Waals surface area contributed by atoms with Crippen molar-refractivity contribution >= 4 is 17.9 Å². The summed E-state index contributed by atoms with van der Waals surface area (Å²) in [5.41, 5.74) is 0. The highest BCUT2D eigenvalue weighted by atomic mass is 16.6. The largest absolute Gasteiger partial charge is 0.462 e. The highest BCUT2D eigenvalue weighted by Crippen LogP contribution is 2.15. The predicted molar refractivity (Wildman–Crippen MR) is 339 cm³/mol. The Hall–Kier alpha value is -4.19. The van der Waals surface area contributed by atoms with E-state index < -0.39 is 6.10 Å². The molecule has 0 amide bonds. The van der Waals surface area contributed by atoms with Crippen molar-refractivity contribution in [3.8, 4) is 0 Å². The maximum atomic E-state index is 12.9. The summed E-state index contributed by atoms with van der Waals surface area (Å²) in [5, 5.41) is 0. The Morgan fingerprint density at radius 1 is 0.269 bits per heavy atom. The first-order valence-electron chi connectivity index (χ1n) is 32.5. The summed E-state index contributed by atoms with van der Waals surface area (Å²) < 4.78 is 16.9. The van der Waals surface area contributed by atoms with Gasteiger partial charge in [0.05, 0.1) is 0 Å². The number of hydrogen-bond donors (Lipinski definition) is 0. The minimum atomic E-state index is -0.791. The van der Waals surface area contributed by atoms with Crippen LogP contribution in [0.4, 0.5) is 0 Å². The van der Waals surface area contributed by atoms with E-state index in [4.69, 9.17) is 14.2 Å². The number of unbranched alkanes of at least 4 members (excludes halogenated alkanes) is 27. The topological polar surface area (TPSA) is 78.9 Å². The number of allylic oxidation sites excluding steroid dienone is 20. The maximum absolute atomic E-state index is 12.9. The summed E-state index contributed by atoms with van der Waals surface area (Å²) in [4.78, 5) is 38.2. The monoisotopic (exact) mass is 1080 g/mol. The molecule has 6 nitrogen and oxygen atoms in total. The van der Waals surface area contributed by atoms with Crippen molar-refractivity contribution in [1.29, 1.82) is 0 Å². The van der Waals surface area contributed by atoms with E-state index in [0.29, 0.717) is 19.3 Å². The Kier molecular flexibility index (Phi) is 61.8. The van der Waals surface area contributed by atoms with Gasteiger partial charge in [0.2, 0.25) is 0 Å². The van der Waals surface area contributed by atoms with E-state index in [-0.39, 0.29) is 31.1 Å². The predicted octanol–water partition coefficient (Wildman–Crippen LogP) is 22.4. The van der Waals surface area contributed by atoms with Crippen LogP contribution in [0.25, 0.3) is 0 Å². The fraction of sp³-hybridized carbons (Fsp3) is 0.681. The maximum Gasteiger partial charge on any atom is 0.306 e. The molecule has 0 aromatic rings. The minimum absolute atomic E-state index is 0.0879. The highest BCUT2D eigenvalue weighted by Gasteiger charge is 2.19. The molecular formula is C72H120O6. The molecule has 444 valence electrons. The molecule has 0 saturated carbocycles. The van der Waals surface area contributed by atoms with Crippen LogP contribution < -0.4 is 0 Å². The quantitative estimate of drug-likeness (QED) is 0.0261. The van der Waals surface area contributed by atoms with Gasteiger partial charge in [-0.3, -0.25) is 14.4 Å². The van der Waals surface area contributed by atoms with Gasteiger partial charge in [0.1, 0.15) is 13.2 Å². The van der Waals surface area contributed by atoms with Crippen LogP contribution in [0.1, 0.15) is 297 Å². The molecule has 0 spiro atoms. The summed E-state index contributed by atoms with van der Waals surface area (Å²) in [6.07, 6.45) is 90.7. The third kappa shape index (κ3) is 62.7. The summed E-state index contributed by atoms with van der Waals surface area (Å²) in [7, 11) is 0. The molecule has 78 heavy (non-hydrogen) atoms. The van der Waals surface area contributed by atoms with E-state index in [1.165, 1.54) is 109 Å². The fourth-order valence-corrected chi connectivity index (χ4v) is 8.81. The molecule has 1 unspecified atom stereocenters. The summed E-state index contributed by atoms with van der Waals surface area (Å²) in [6.45, 7) is 6.44. The highest BCUT2D eigenvalue weighted by molar-refractivity contribution is 5.71. The third-order valence-corrected chi connectivity index (χ3v) is 13.7. The normalized spacial score (nSPS) is 12.9. The Morgan fingerprint density at radius 2 is 0.526 bits per heavy atom. The second-order valence-corrected chi connectivity index (χ2v) is 21.3. The molecular weight excluding hydrogens is 961 g/mol. The van der Waals surface area contributed by atoms with Gasteiger partial charge in [-0.25, -0.2) is 0 Å². The Balaban J connectivity index is 4.22. The molecule has 0 aromatic heterocycles. The van der Waals surface area contributed by atoms with Crippen molar-refractivity contribution in [2.45, 2.75) is 303 Å². The Bertz CT molecular complexity index is 1620. The molecule has 0 radical (unpaired) electrons. The van der Waals surface area contributed by atoms with Gasteiger partial charge in [0, 0.05) is 19.3 Å². The minimum Gasteiger partial charge on any atom is -0.462 e. The van der Waals surface area contributed by atoms with Crippen molar-refractivity contribution in [1.82, 2.24) is 0 Å². The standard InChI is InChI=1S/C72H120O6/c1-4-7-10-13-16-19-22-25-27-28-29-30-31-32-33-34-35-36-37-38-39-40-41-42-43-44-45-48-50-53-56-59-62-65-71(74)77-68-69(67-76-70(73)64-61-58-55-52-49-46-24-21-18-15-12-9-6-3)78-72(75)66-63-60-57-54-51-47-26-23-20-17-14-11-8-5-2/h7,10,12,15-16,19,21,23-27,29-30,32-33,35-36,38-39,69H,4-6,8-9,11,13-14,17-18,20,22,28,31,34,37,40-68H2,1-3H3/b10-7-,15-12-,19-16-,24-21-,26-23-,27-25-,30-29-,33-32-,36-35-,39-38-. The van der Waals surface area contributed by atoms with E-state index in [1.54, 1.807) is 0 Å². The van der Waals surface area contributed by atoms with E-state index in [1.807, 2.05) is 0 Å². The molecule has 0 aromatic carbocycles. The Labute approximate surface area is 482 Å². The smallest absolute Gasteiger partial charge is 0.306 e. The average molecular weight is 1080 g/mol. The van der Waals surface area contributed by atoms with Crippen LogP contribution in [0.5, 0.6) is 0 Å². The number of hydrogen-bond acceptors (Lipinski definition) is 6. The molecule has 0 aliphatic heterocycles. The lowest BCUT2D eigenvalue weighted by Gasteiger charge is -2.18. The molecule has 1 atom stereocenters. The van der Waals surface area contributed by atoms with Crippen molar-refractivity contribution in [2.75, 3.05) is 13.2 Å². The number of carbonyl (C=O) groups excluding carboxylic acids is 3. The average Bonchev–Trinajstić information content (AvgIpc) is 3.44. The van der Waals surface area contributed by atoms with Crippen LogP contribution in [-0.2, 0) is 28.6 Å². The molecule has 0 saturated heterocycles. The van der Waals surface area contributed by atoms with Crippen LogP contribution in [0, 0.1) is 0 Å². The summed E-state index contributed by atoms with van der Waals surface area (Å²) >= 11 is 0. The van der Waals surface area contributed by atoms with Crippen molar-refractivity contribution in [3.63, 3.8) is 0 Å². The van der Waals surface area contributed by atoms with Gasteiger partial charge in [-0.2, -0.15) is 0 Å². The zero-order valence-corrected chi connectivity index (χ0v) is 50.9. The summed E-state index contributed by atoms with van der Waals surface area (Å²) in [5.74, 6) is -0.909. The Morgan fingerprint density at radius 3 is 0.846 bits per heavy atom. The number of ether oxygens (including phenoxy) is 3. The lowest BCUT2D eigenvalue weighted by atomic mass is 10.0. The first-order valence-corrected chi connectivity index (χ1v) is 32.5. The van der Waals surface area contributed by atoms with Gasteiger partial charge < -0.3 is 14.2 Å². The van der Waals surface area contributed by atoms with Gasteiger partial charge in [-0.05, 0) is 128 Å². The van der Waals surface area contributed by atoms with Crippen LogP contribution in [0.15, 0.2) is 122 Å². The van der Waals surface area contributed by atoms with Crippen LogP contribution in [0.3, 0.4) is 0 Å². The van der Waals surface area contributed by atoms with Crippen LogP contribution in [-0.4, -0.2) is 37.2 Å². The van der Waals surface area contributed by atoms with Crippen LogP contribution >= 0.6 is 0 Å². The summed E-state index contributed by atoms with van der Waals surface area (Å²) in [6, 6.07) is 0. The van der Waals surface area contributed by atoms with Gasteiger partial charge in [0.25, 0.3) is 0 Å². The van der Waals surface area contributed by atoms with E-state index >= 15 is 0 Å². The molecule has 0 bridgehead atoms. The zero-order chi connectivity index (χ0) is 56.4. The van der Waals surface area contributed by atoms with Gasteiger partial charge in [-0.15, -0.1) is 0 Å². The first kappa shape index (κ1) is 73.8. The lowest BCUT2D eigenvalue weighted by molar-refractivity contribution is -0.167. The lowest BCUT2D eigenvalue weighted by Crippen LogP contribution is -2.30. The second-order valence-electron chi connectivity index (χ2n) is 21.3. The van der Waals surface area contributed by atoms with E-state index in [0.717, 1.165) is 148 Å². The molecule has 0 aliphatic rings. The number of rotatable bonds is 58. The molecule has 6 heteroatoms. The zero-order valence-electron chi connectivity index (χ0n) is 50.9.